The summed E-state index contributed by atoms with van der Waals surface area (Å²) >= 11 is 0. The molecule has 2 N–H and O–H groups in total. The Kier molecular flexibility index (Phi) is 9.68. The van der Waals surface area contributed by atoms with Gasteiger partial charge >= 0.3 is 0 Å². The molecule has 3 aromatic rings. The molecular weight excluding hydrogens is 496 g/mol. The molecule has 0 aromatic heterocycles. The Morgan fingerprint density at radius 1 is 0.923 bits per heavy atom. The van der Waals surface area contributed by atoms with E-state index in [1.807, 2.05) is 54.6 Å². The number of hydrogen-bond donors (Lipinski definition) is 2. The number of nitrogens with one attached hydrogen (secondary N) is 1. The van der Waals surface area contributed by atoms with E-state index in [4.69, 9.17) is 18.9 Å². The standard InChI is InChI=1S/C31H38N2O6/c1-36-26-13-12-21(18-27(26)37-2)17-25-24-20-29(39-4)28(38-3)19-23(24)11-8-15-33(25)30(31(35)32-14-16-34)22-9-6-5-7-10-22/h5-7,9-10,12-13,18-20,25,30,34H,8,11,14-17H2,1-4H3,(H,32,35). The Bertz CT molecular complexity index is 1250. The molecule has 1 aliphatic rings. The molecule has 1 amide bonds. The van der Waals surface area contributed by atoms with Crippen LogP contribution in [0.25, 0.3) is 0 Å². The van der Waals surface area contributed by atoms with Crippen LogP contribution in [-0.4, -0.2) is 64.0 Å². The van der Waals surface area contributed by atoms with Crippen molar-refractivity contribution in [2.45, 2.75) is 31.3 Å². The fourth-order valence-corrected chi connectivity index (χ4v) is 5.42. The zero-order valence-electron chi connectivity index (χ0n) is 23.1. The summed E-state index contributed by atoms with van der Waals surface area (Å²) in [7, 11) is 6.53. The quantitative estimate of drug-likeness (QED) is 0.383. The van der Waals surface area contributed by atoms with E-state index in [9.17, 15) is 9.90 Å². The molecule has 0 saturated carbocycles. The average Bonchev–Trinajstić information content (AvgIpc) is 3.14. The van der Waals surface area contributed by atoms with Crippen molar-refractivity contribution in [3.05, 3.63) is 82.9 Å². The summed E-state index contributed by atoms with van der Waals surface area (Å²) in [6.07, 6.45) is 2.33. The normalized spacial score (nSPS) is 16.0. The number of amides is 1. The highest BCUT2D eigenvalue weighted by atomic mass is 16.5. The molecular formula is C31H38N2O6. The van der Waals surface area contributed by atoms with Gasteiger partial charge in [-0.3, -0.25) is 9.69 Å². The fourth-order valence-electron chi connectivity index (χ4n) is 5.42. The van der Waals surface area contributed by atoms with E-state index in [-0.39, 0.29) is 25.1 Å². The number of ether oxygens (including phenoxy) is 4. The topological polar surface area (TPSA) is 89.5 Å². The Hall–Kier alpha value is -3.75. The van der Waals surface area contributed by atoms with Gasteiger partial charge in [0, 0.05) is 19.1 Å². The van der Waals surface area contributed by atoms with Crippen LogP contribution >= 0.6 is 0 Å². The molecule has 8 nitrogen and oxygen atoms in total. The van der Waals surface area contributed by atoms with Gasteiger partial charge in [0.1, 0.15) is 6.04 Å². The number of methoxy groups -OCH3 is 4. The monoisotopic (exact) mass is 534 g/mol. The van der Waals surface area contributed by atoms with Crippen molar-refractivity contribution in [3.8, 4) is 23.0 Å². The molecule has 2 atom stereocenters. The van der Waals surface area contributed by atoms with Gasteiger partial charge in [-0.15, -0.1) is 0 Å². The maximum absolute atomic E-state index is 13.7. The number of nitrogens with zero attached hydrogens (tertiary/aromatic N) is 1. The summed E-state index contributed by atoms with van der Waals surface area (Å²) in [4.78, 5) is 16.0. The largest absolute Gasteiger partial charge is 0.493 e. The molecule has 0 bridgehead atoms. The van der Waals surface area contributed by atoms with Crippen molar-refractivity contribution in [2.24, 2.45) is 0 Å². The molecule has 2 unspecified atom stereocenters. The summed E-state index contributed by atoms with van der Waals surface area (Å²) in [5, 5.41) is 12.3. The average molecular weight is 535 g/mol. The number of hydrogen-bond acceptors (Lipinski definition) is 7. The summed E-state index contributed by atoms with van der Waals surface area (Å²) in [5.74, 6) is 2.52. The van der Waals surface area contributed by atoms with Gasteiger partial charge in [0.25, 0.3) is 0 Å². The van der Waals surface area contributed by atoms with Gasteiger partial charge < -0.3 is 29.4 Å². The van der Waals surface area contributed by atoms with Crippen molar-refractivity contribution < 1.29 is 28.8 Å². The third-order valence-corrected chi connectivity index (χ3v) is 7.25. The number of aliphatic hydroxyl groups excluding tert-OH is 1. The Labute approximate surface area is 230 Å². The van der Waals surface area contributed by atoms with E-state index >= 15 is 0 Å². The van der Waals surface area contributed by atoms with E-state index in [0.29, 0.717) is 36.0 Å². The molecule has 39 heavy (non-hydrogen) atoms. The summed E-state index contributed by atoms with van der Waals surface area (Å²) in [5.41, 5.74) is 4.21. The molecule has 0 saturated heterocycles. The number of benzene rings is 3. The SMILES string of the molecule is COc1ccc(CC2c3cc(OC)c(OC)cc3CCCN2C(C(=O)NCCO)c2ccccc2)cc1OC. The molecule has 0 spiro atoms. The smallest absolute Gasteiger partial charge is 0.242 e. The molecule has 0 radical (unpaired) electrons. The number of aliphatic hydroxyl groups is 1. The van der Waals surface area contributed by atoms with E-state index < -0.39 is 6.04 Å². The molecule has 1 aliphatic heterocycles. The summed E-state index contributed by atoms with van der Waals surface area (Å²) < 4.78 is 22.4. The molecule has 1 heterocycles. The second-order valence-electron chi connectivity index (χ2n) is 9.48. The van der Waals surface area contributed by atoms with Crippen LogP contribution in [0, 0.1) is 0 Å². The first-order valence-corrected chi connectivity index (χ1v) is 13.2. The van der Waals surface area contributed by atoms with Crippen LogP contribution in [0.3, 0.4) is 0 Å². The minimum Gasteiger partial charge on any atom is -0.493 e. The number of carbonyl (C=O) groups excluding carboxylic acids is 1. The van der Waals surface area contributed by atoms with Gasteiger partial charge in [-0.2, -0.15) is 0 Å². The predicted octanol–water partition coefficient (Wildman–Crippen LogP) is 4.10. The van der Waals surface area contributed by atoms with Gasteiger partial charge in [0.05, 0.1) is 35.0 Å². The predicted molar refractivity (Wildman–Crippen MR) is 150 cm³/mol. The number of fused-ring (bicyclic) bond motifs is 1. The van der Waals surface area contributed by atoms with E-state index in [1.165, 1.54) is 5.56 Å². The maximum atomic E-state index is 13.7. The third kappa shape index (κ3) is 6.29. The molecule has 208 valence electrons. The van der Waals surface area contributed by atoms with Gasteiger partial charge in [0.2, 0.25) is 5.91 Å². The van der Waals surface area contributed by atoms with Crippen molar-refractivity contribution in [1.29, 1.82) is 0 Å². The van der Waals surface area contributed by atoms with Gasteiger partial charge in [-0.25, -0.2) is 0 Å². The maximum Gasteiger partial charge on any atom is 0.242 e. The lowest BCUT2D eigenvalue weighted by Gasteiger charge is -2.37. The van der Waals surface area contributed by atoms with Crippen LogP contribution in [0.15, 0.2) is 60.7 Å². The van der Waals surface area contributed by atoms with Crippen molar-refractivity contribution in [3.63, 3.8) is 0 Å². The van der Waals surface area contributed by atoms with E-state index in [1.54, 1.807) is 28.4 Å². The molecule has 3 aromatic carbocycles. The second-order valence-corrected chi connectivity index (χ2v) is 9.48. The van der Waals surface area contributed by atoms with Crippen molar-refractivity contribution in [1.82, 2.24) is 10.2 Å². The lowest BCUT2D eigenvalue weighted by molar-refractivity contribution is -0.128. The van der Waals surface area contributed by atoms with Crippen LogP contribution in [0.1, 0.15) is 40.8 Å². The van der Waals surface area contributed by atoms with Gasteiger partial charge in [-0.1, -0.05) is 36.4 Å². The van der Waals surface area contributed by atoms with E-state index in [2.05, 4.69) is 16.3 Å². The first kappa shape index (κ1) is 28.3. The van der Waals surface area contributed by atoms with Crippen LogP contribution in [0.4, 0.5) is 0 Å². The van der Waals surface area contributed by atoms with Crippen LogP contribution in [0.5, 0.6) is 23.0 Å². The Morgan fingerprint density at radius 3 is 2.26 bits per heavy atom. The molecule has 0 fully saturated rings. The Balaban J connectivity index is 1.87. The zero-order chi connectivity index (χ0) is 27.8. The first-order chi connectivity index (χ1) is 19.0. The molecule has 4 rings (SSSR count). The highest BCUT2D eigenvalue weighted by molar-refractivity contribution is 5.83. The number of aryl methyl sites for hydroxylation is 1. The summed E-state index contributed by atoms with van der Waals surface area (Å²) in [6.45, 7) is 0.767. The minimum absolute atomic E-state index is 0.123. The summed E-state index contributed by atoms with van der Waals surface area (Å²) in [6, 6.07) is 19.1. The number of carbonyl (C=O) groups is 1. The molecule has 0 aliphatic carbocycles. The number of rotatable bonds is 11. The Morgan fingerprint density at radius 2 is 1.59 bits per heavy atom. The van der Waals surface area contributed by atoms with Gasteiger partial charge in [0.15, 0.2) is 23.0 Å². The van der Waals surface area contributed by atoms with Crippen LogP contribution in [-0.2, 0) is 17.6 Å². The third-order valence-electron chi connectivity index (χ3n) is 7.25. The minimum atomic E-state index is -0.554. The highest BCUT2D eigenvalue weighted by Gasteiger charge is 2.36. The lowest BCUT2D eigenvalue weighted by atomic mass is 9.91. The second kappa shape index (κ2) is 13.4. The van der Waals surface area contributed by atoms with Crippen LogP contribution < -0.4 is 24.3 Å². The van der Waals surface area contributed by atoms with Gasteiger partial charge in [-0.05, 0) is 65.8 Å². The van der Waals surface area contributed by atoms with Crippen LogP contribution in [0.2, 0.25) is 0 Å². The first-order valence-electron chi connectivity index (χ1n) is 13.2. The van der Waals surface area contributed by atoms with Crippen molar-refractivity contribution in [2.75, 3.05) is 48.1 Å². The lowest BCUT2D eigenvalue weighted by Crippen LogP contribution is -2.43. The van der Waals surface area contributed by atoms with Crippen molar-refractivity contribution >= 4 is 5.91 Å². The highest BCUT2D eigenvalue weighted by Crippen LogP contribution is 2.42. The fraction of sp³-hybridized carbons (Fsp3) is 0.387. The zero-order valence-corrected chi connectivity index (χ0v) is 23.1. The molecule has 8 heteroatoms. The van der Waals surface area contributed by atoms with E-state index in [0.717, 1.165) is 29.5 Å².